The minimum atomic E-state index is 0.232. The van der Waals surface area contributed by atoms with Crippen LogP contribution in [0.1, 0.15) is 0 Å². The molecule has 0 saturated carbocycles. The normalized spacial score (nSPS) is 11.6. The van der Waals surface area contributed by atoms with Crippen LogP contribution in [0.15, 0.2) is 152 Å². The molecule has 0 radical (unpaired) electrons. The number of rotatable bonds is 4. The van der Waals surface area contributed by atoms with Crippen molar-refractivity contribution in [1.29, 1.82) is 0 Å². The Hall–Kier alpha value is -5.41. The summed E-state index contributed by atoms with van der Waals surface area (Å²) in [5.41, 5.74) is 5.19. The van der Waals surface area contributed by atoms with Gasteiger partial charge in [0.05, 0.1) is 0 Å². The van der Waals surface area contributed by atoms with Gasteiger partial charge in [-0.15, -0.1) is 0 Å². The van der Waals surface area contributed by atoms with E-state index in [1.807, 2.05) is 60.7 Å². The Labute approximate surface area is 266 Å². The zero-order valence-corrected chi connectivity index (χ0v) is 25.9. The molecule has 7 aromatic carbocycles. The quantitative estimate of drug-likeness (QED) is 0.142. The molecule has 45 heavy (non-hydrogen) atoms. The van der Waals surface area contributed by atoms with Crippen molar-refractivity contribution in [3.63, 3.8) is 0 Å². The molecule has 2 heterocycles. The monoisotopic (exact) mass is 639 g/mol. The van der Waals surface area contributed by atoms with Gasteiger partial charge in [0.1, 0.15) is 0 Å². The molecular formula is C41H25N3Se. The van der Waals surface area contributed by atoms with E-state index in [0.717, 1.165) is 27.8 Å². The second kappa shape index (κ2) is 10.6. The van der Waals surface area contributed by atoms with E-state index >= 15 is 0 Å². The van der Waals surface area contributed by atoms with Gasteiger partial charge in [-0.1, -0.05) is 12.1 Å². The molecule has 0 aliphatic carbocycles. The van der Waals surface area contributed by atoms with Crippen molar-refractivity contribution < 1.29 is 0 Å². The van der Waals surface area contributed by atoms with Gasteiger partial charge >= 0.3 is 255 Å². The summed E-state index contributed by atoms with van der Waals surface area (Å²) in [6.07, 6.45) is 0. The molecular weight excluding hydrogens is 613 g/mol. The molecule has 9 rings (SSSR count). The van der Waals surface area contributed by atoms with E-state index in [9.17, 15) is 0 Å². The summed E-state index contributed by atoms with van der Waals surface area (Å²) in [5, 5.41) is 8.03. The van der Waals surface area contributed by atoms with Crippen molar-refractivity contribution in [3.8, 4) is 45.3 Å². The second-order valence-corrected chi connectivity index (χ2v) is 13.4. The van der Waals surface area contributed by atoms with E-state index < -0.39 is 0 Å². The molecule has 0 N–H and O–H groups in total. The molecule has 210 valence electrons. The van der Waals surface area contributed by atoms with Gasteiger partial charge in [0.25, 0.3) is 0 Å². The van der Waals surface area contributed by atoms with Crippen LogP contribution >= 0.6 is 0 Å². The van der Waals surface area contributed by atoms with Crippen LogP contribution in [0, 0.1) is 0 Å². The molecule has 0 unspecified atom stereocenters. The number of aromatic nitrogens is 3. The molecule has 2 aromatic heterocycles. The van der Waals surface area contributed by atoms with Gasteiger partial charge in [0.2, 0.25) is 0 Å². The predicted molar refractivity (Wildman–Crippen MR) is 189 cm³/mol. The molecule has 0 aliphatic heterocycles. The van der Waals surface area contributed by atoms with Crippen LogP contribution in [0.4, 0.5) is 0 Å². The van der Waals surface area contributed by atoms with Gasteiger partial charge in [-0.05, 0) is 0 Å². The standard InChI is InChI=1S/C41H25N3Se/c1-3-12-28(13-4-1)39-42-40(29-14-5-2-6-15-29)44-41(43-39)34-18-10-9-16-31(34)30-22-24-36-35(25-30)33-23-21-27-20-19-26-11-7-8-17-32(26)37(27)38(33)45-36/h1-25H. The molecule has 9 aromatic rings. The van der Waals surface area contributed by atoms with E-state index in [2.05, 4.69) is 91.0 Å². The number of nitrogens with zero attached hydrogens (tertiary/aromatic N) is 3. The van der Waals surface area contributed by atoms with Gasteiger partial charge in [0, 0.05) is 0 Å². The van der Waals surface area contributed by atoms with Gasteiger partial charge in [-0.25, -0.2) is 0 Å². The molecule has 0 atom stereocenters. The second-order valence-electron chi connectivity index (χ2n) is 11.2. The minimum absolute atomic E-state index is 0.232. The van der Waals surface area contributed by atoms with Crippen LogP contribution in [-0.4, -0.2) is 29.5 Å². The van der Waals surface area contributed by atoms with Crippen molar-refractivity contribution in [2.45, 2.75) is 0 Å². The summed E-state index contributed by atoms with van der Waals surface area (Å²) in [7, 11) is 0. The van der Waals surface area contributed by atoms with Gasteiger partial charge in [-0.2, -0.15) is 0 Å². The predicted octanol–water partition coefficient (Wildman–Crippen LogP) is 10.2. The molecule has 0 aliphatic rings. The first-order chi connectivity index (χ1) is 22.3. The fraction of sp³-hybridized carbons (Fsp3) is 0. The summed E-state index contributed by atoms with van der Waals surface area (Å²) in [4.78, 5) is 15.0. The molecule has 0 spiro atoms. The first-order valence-electron chi connectivity index (χ1n) is 15.0. The third-order valence-electron chi connectivity index (χ3n) is 8.52. The maximum atomic E-state index is 5.04. The number of hydrogen-bond acceptors (Lipinski definition) is 3. The molecule has 3 nitrogen and oxygen atoms in total. The Kier molecular flexibility index (Phi) is 6.15. The summed E-state index contributed by atoms with van der Waals surface area (Å²) < 4.78 is 2.91. The van der Waals surface area contributed by atoms with Gasteiger partial charge in [-0.3, -0.25) is 0 Å². The number of benzene rings is 7. The van der Waals surface area contributed by atoms with Crippen molar-refractivity contribution >= 4 is 55.3 Å². The van der Waals surface area contributed by atoms with Crippen LogP contribution in [0.25, 0.3) is 86.1 Å². The van der Waals surface area contributed by atoms with Crippen LogP contribution in [0.3, 0.4) is 0 Å². The Balaban J connectivity index is 1.25. The molecule has 0 saturated heterocycles. The van der Waals surface area contributed by atoms with Gasteiger partial charge < -0.3 is 0 Å². The third-order valence-corrected chi connectivity index (χ3v) is 11.0. The third kappa shape index (κ3) is 4.46. The first kappa shape index (κ1) is 26.0. The zero-order valence-electron chi connectivity index (χ0n) is 24.2. The molecule has 0 amide bonds. The topological polar surface area (TPSA) is 38.7 Å². The van der Waals surface area contributed by atoms with Crippen LogP contribution < -0.4 is 0 Å². The Morgan fingerprint density at radius 1 is 0.378 bits per heavy atom. The Morgan fingerprint density at radius 3 is 1.73 bits per heavy atom. The average molecular weight is 639 g/mol. The first-order valence-corrected chi connectivity index (χ1v) is 16.7. The fourth-order valence-electron chi connectivity index (χ4n) is 6.35. The summed E-state index contributed by atoms with van der Waals surface area (Å²) in [5.74, 6) is 2.00. The Bertz CT molecular complexity index is 2480. The number of fused-ring (bicyclic) bond motifs is 7. The van der Waals surface area contributed by atoms with Crippen molar-refractivity contribution in [2.24, 2.45) is 0 Å². The van der Waals surface area contributed by atoms with Crippen LogP contribution in [0.5, 0.6) is 0 Å². The summed E-state index contributed by atoms with van der Waals surface area (Å²) in [6, 6.07) is 53.6. The fourth-order valence-corrected chi connectivity index (χ4v) is 8.98. The van der Waals surface area contributed by atoms with Crippen molar-refractivity contribution in [3.05, 3.63) is 152 Å². The van der Waals surface area contributed by atoms with Crippen molar-refractivity contribution in [2.75, 3.05) is 0 Å². The molecule has 0 bridgehead atoms. The maximum absolute atomic E-state index is 5.04. The molecule has 4 heteroatoms. The van der Waals surface area contributed by atoms with Gasteiger partial charge in [0.15, 0.2) is 0 Å². The average Bonchev–Trinajstić information content (AvgIpc) is 3.50. The van der Waals surface area contributed by atoms with E-state index in [4.69, 9.17) is 15.0 Å². The Morgan fingerprint density at radius 2 is 0.978 bits per heavy atom. The van der Waals surface area contributed by atoms with Crippen LogP contribution in [-0.2, 0) is 0 Å². The molecule has 0 fully saturated rings. The van der Waals surface area contributed by atoms with E-state index in [-0.39, 0.29) is 14.5 Å². The zero-order chi connectivity index (χ0) is 29.7. The van der Waals surface area contributed by atoms with E-state index in [1.165, 1.54) is 40.8 Å². The SMILES string of the molecule is c1ccc(-c2nc(-c3ccccc3)nc(-c3ccccc3-c3ccc4[se]c5c(ccc6ccc7ccccc7c65)c4c3)n2)cc1. The summed E-state index contributed by atoms with van der Waals surface area (Å²) in [6.45, 7) is 0. The van der Waals surface area contributed by atoms with E-state index in [0.29, 0.717) is 17.5 Å². The van der Waals surface area contributed by atoms with E-state index in [1.54, 1.807) is 0 Å². The number of hydrogen-bond donors (Lipinski definition) is 0. The van der Waals surface area contributed by atoms with Crippen LogP contribution in [0.2, 0.25) is 0 Å². The van der Waals surface area contributed by atoms with Crippen molar-refractivity contribution in [1.82, 2.24) is 15.0 Å². The summed E-state index contributed by atoms with van der Waals surface area (Å²) >= 11 is 0.232.